The first-order chi connectivity index (χ1) is 11.7. The number of carbonyl (C=O) groups is 1. The van der Waals surface area contributed by atoms with Crippen LogP contribution in [0.2, 0.25) is 0 Å². The van der Waals surface area contributed by atoms with E-state index in [1.165, 1.54) is 6.92 Å². The first-order valence-electron chi connectivity index (χ1n) is 8.51. The fourth-order valence-electron chi connectivity index (χ4n) is 4.06. The second kappa shape index (κ2) is 6.82. The molecule has 9 nitrogen and oxygen atoms in total. The third-order valence-corrected chi connectivity index (χ3v) is 5.81. The van der Waals surface area contributed by atoms with E-state index in [-0.39, 0.29) is 24.2 Å². The van der Waals surface area contributed by atoms with Crippen LogP contribution in [0.4, 0.5) is 0 Å². The van der Waals surface area contributed by atoms with E-state index in [0.29, 0.717) is 6.42 Å². The second-order valence-electron chi connectivity index (χ2n) is 7.43. The monoisotopic (exact) mass is 362 g/mol. The lowest BCUT2D eigenvalue weighted by Gasteiger charge is -2.42. The molecule has 1 aliphatic carbocycles. The van der Waals surface area contributed by atoms with Crippen LogP contribution in [-0.2, 0) is 19.0 Å². The van der Waals surface area contributed by atoms with Gasteiger partial charge in [0, 0.05) is 11.8 Å². The first-order valence-corrected chi connectivity index (χ1v) is 8.51. The summed E-state index contributed by atoms with van der Waals surface area (Å²) in [5.41, 5.74) is -1.42. The minimum absolute atomic E-state index is 0.0365. The van der Waals surface area contributed by atoms with Crippen molar-refractivity contribution in [2.75, 3.05) is 13.2 Å². The van der Waals surface area contributed by atoms with Crippen LogP contribution in [0, 0.1) is 11.8 Å². The normalized spacial score (nSPS) is 53.7. The van der Waals surface area contributed by atoms with Crippen LogP contribution in [0.3, 0.4) is 0 Å². The molecule has 10 atom stereocenters. The van der Waals surface area contributed by atoms with Crippen molar-refractivity contribution >= 4 is 5.78 Å². The SMILES string of the molecule is C[C@H]1C(=O)CO[C@H]2[C@@H]1C[C@H](O[C@@H]1O[C@H](CO)[C@@H](O)[C@H](O)[C@H]1O)[C@@]2(C)O. The molecule has 0 radical (unpaired) electrons. The van der Waals surface area contributed by atoms with Crippen LogP contribution in [-0.4, -0.2) is 93.0 Å². The number of aliphatic hydroxyl groups excluding tert-OH is 4. The van der Waals surface area contributed by atoms with E-state index in [1.807, 2.05) is 0 Å². The standard InChI is InChI=1S/C16H26O9/c1-6-7-3-10(16(2,22)14(7)23-5-8(6)18)25-15-13(21)12(20)11(19)9(4-17)24-15/h6-7,9-15,17,19-22H,3-5H2,1-2H3/t6-,7-,9-,10+,11-,12+,13-,14+,15+,16-/m1/s1. The molecule has 0 aromatic heterocycles. The van der Waals surface area contributed by atoms with Crippen LogP contribution >= 0.6 is 0 Å². The van der Waals surface area contributed by atoms with Gasteiger partial charge in [-0.1, -0.05) is 6.92 Å². The Morgan fingerprint density at radius 1 is 1.24 bits per heavy atom. The van der Waals surface area contributed by atoms with Crippen LogP contribution in [0.1, 0.15) is 20.3 Å². The molecular weight excluding hydrogens is 336 g/mol. The van der Waals surface area contributed by atoms with E-state index in [1.54, 1.807) is 6.92 Å². The van der Waals surface area contributed by atoms with Gasteiger partial charge in [0.2, 0.25) is 0 Å². The molecular formula is C16H26O9. The highest BCUT2D eigenvalue weighted by Crippen LogP contribution is 2.45. The van der Waals surface area contributed by atoms with E-state index in [0.717, 1.165) is 0 Å². The molecule has 0 bridgehead atoms. The van der Waals surface area contributed by atoms with Gasteiger partial charge in [0.1, 0.15) is 36.6 Å². The molecule has 0 aromatic carbocycles. The largest absolute Gasteiger partial charge is 0.394 e. The minimum Gasteiger partial charge on any atom is -0.394 e. The number of fused-ring (bicyclic) bond motifs is 1. The second-order valence-corrected chi connectivity index (χ2v) is 7.43. The summed E-state index contributed by atoms with van der Waals surface area (Å²) in [4.78, 5) is 11.9. The fourth-order valence-corrected chi connectivity index (χ4v) is 4.06. The number of rotatable bonds is 3. The Kier molecular flexibility index (Phi) is 5.22. The van der Waals surface area contributed by atoms with Crippen molar-refractivity contribution in [1.29, 1.82) is 0 Å². The molecule has 2 saturated heterocycles. The Morgan fingerprint density at radius 2 is 1.92 bits per heavy atom. The number of aliphatic hydroxyl groups is 5. The average Bonchev–Trinajstić information content (AvgIpc) is 2.82. The highest BCUT2D eigenvalue weighted by Gasteiger charge is 2.58. The Balaban J connectivity index is 1.75. The van der Waals surface area contributed by atoms with Crippen LogP contribution in [0.25, 0.3) is 0 Å². The van der Waals surface area contributed by atoms with E-state index in [4.69, 9.17) is 14.2 Å². The lowest BCUT2D eigenvalue weighted by atomic mass is 9.83. The number of carbonyl (C=O) groups excluding carboxylic acids is 1. The maximum absolute atomic E-state index is 11.9. The summed E-state index contributed by atoms with van der Waals surface area (Å²) in [5, 5.41) is 49.9. The van der Waals surface area contributed by atoms with Gasteiger partial charge < -0.3 is 39.7 Å². The summed E-state index contributed by atoms with van der Waals surface area (Å²) >= 11 is 0. The zero-order chi connectivity index (χ0) is 18.5. The summed E-state index contributed by atoms with van der Waals surface area (Å²) in [6.45, 7) is 2.70. The molecule has 0 aromatic rings. The van der Waals surface area contributed by atoms with Gasteiger partial charge in [0.15, 0.2) is 12.1 Å². The maximum atomic E-state index is 11.9. The molecule has 5 N–H and O–H groups in total. The Labute approximate surface area is 145 Å². The number of hydrogen-bond donors (Lipinski definition) is 5. The van der Waals surface area contributed by atoms with Gasteiger partial charge >= 0.3 is 0 Å². The molecule has 3 rings (SSSR count). The number of ether oxygens (including phenoxy) is 3. The number of Topliss-reactive ketones (excluding diaryl/α,β-unsaturated/α-hetero) is 1. The van der Waals surface area contributed by atoms with Gasteiger partial charge in [-0.25, -0.2) is 0 Å². The molecule has 0 unspecified atom stereocenters. The number of ketones is 1. The van der Waals surface area contributed by atoms with Crippen LogP contribution < -0.4 is 0 Å². The maximum Gasteiger partial charge on any atom is 0.187 e. The van der Waals surface area contributed by atoms with Gasteiger partial charge in [-0.15, -0.1) is 0 Å². The average molecular weight is 362 g/mol. The van der Waals surface area contributed by atoms with E-state index in [2.05, 4.69) is 0 Å². The molecule has 2 aliphatic heterocycles. The zero-order valence-electron chi connectivity index (χ0n) is 14.2. The van der Waals surface area contributed by atoms with Gasteiger partial charge in [-0.05, 0) is 13.3 Å². The van der Waals surface area contributed by atoms with Crippen molar-refractivity contribution < 1.29 is 44.5 Å². The molecule has 1 saturated carbocycles. The third kappa shape index (κ3) is 3.13. The van der Waals surface area contributed by atoms with E-state index in [9.17, 15) is 30.3 Å². The van der Waals surface area contributed by atoms with Crippen molar-refractivity contribution in [3.8, 4) is 0 Å². The zero-order valence-corrected chi connectivity index (χ0v) is 14.2. The van der Waals surface area contributed by atoms with Gasteiger partial charge in [0.05, 0.1) is 18.8 Å². The molecule has 9 heteroatoms. The predicted molar refractivity (Wildman–Crippen MR) is 81.3 cm³/mol. The molecule has 0 spiro atoms. The summed E-state index contributed by atoms with van der Waals surface area (Å²) in [5.74, 6) is -0.551. The molecule has 2 heterocycles. The fraction of sp³-hybridized carbons (Fsp3) is 0.938. The van der Waals surface area contributed by atoms with Crippen molar-refractivity contribution in [2.45, 2.75) is 68.8 Å². The smallest absolute Gasteiger partial charge is 0.187 e. The first kappa shape index (κ1) is 19.1. The summed E-state index contributed by atoms with van der Waals surface area (Å²) in [6.07, 6.45) is -8.08. The van der Waals surface area contributed by atoms with Crippen molar-refractivity contribution in [1.82, 2.24) is 0 Å². The quantitative estimate of drug-likeness (QED) is 0.369. The van der Waals surface area contributed by atoms with Crippen molar-refractivity contribution in [3.05, 3.63) is 0 Å². The van der Waals surface area contributed by atoms with E-state index < -0.39 is 55.1 Å². The topological polar surface area (TPSA) is 146 Å². The van der Waals surface area contributed by atoms with Crippen LogP contribution in [0.5, 0.6) is 0 Å². The van der Waals surface area contributed by atoms with Crippen molar-refractivity contribution in [3.63, 3.8) is 0 Å². The molecule has 3 aliphatic rings. The van der Waals surface area contributed by atoms with E-state index >= 15 is 0 Å². The Morgan fingerprint density at radius 3 is 2.56 bits per heavy atom. The minimum atomic E-state index is -1.55. The summed E-state index contributed by atoms with van der Waals surface area (Å²) in [6, 6.07) is 0. The Hall–Kier alpha value is -0.650. The molecule has 25 heavy (non-hydrogen) atoms. The Bertz CT molecular complexity index is 508. The predicted octanol–water partition coefficient (Wildman–Crippen LogP) is -2.45. The lowest BCUT2D eigenvalue weighted by Crippen LogP contribution is -2.61. The molecule has 3 fully saturated rings. The highest BCUT2D eigenvalue weighted by atomic mass is 16.7. The third-order valence-electron chi connectivity index (χ3n) is 5.81. The molecule has 144 valence electrons. The van der Waals surface area contributed by atoms with Gasteiger partial charge in [-0.2, -0.15) is 0 Å². The number of hydrogen-bond acceptors (Lipinski definition) is 9. The van der Waals surface area contributed by atoms with Crippen LogP contribution in [0.15, 0.2) is 0 Å². The summed E-state index contributed by atoms with van der Waals surface area (Å²) in [7, 11) is 0. The van der Waals surface area contributed by atoms with Crippen molar-refractivity contribution in [2.24, 2.45) is 11.8 Å². The summed E-state index contributed by atoms with van der Waals surface area (Å²) < 4.78 is 16.6. The lowest BCUT2D eigenvalue weighted by molar-refractivity contribution is -0.322. The van der Waals surface area contributed by atoms with Gasteiger partial charge in [-0.3, -0.25) is 4.79 Å². The molecule has 0 amide bonds. The van der Waals surface area contributed by atoms with Gasteiger partial charge in [0.25, 0.3) is 0 Å². The highest BCUT2D eigenvalue weighted by molar-refractivity contribution is 5.83.